The van der Waals surface area contributed by atoms with Gasteiger partial charge in [0, 0.05) is 41.9 Å². The predicted octanol–water partition coefficient (Wildman–Crippen LogP) is 1.28. The number of aliphatic hydroxyl groups excluding tert-OH is 1. The van der Waals surface area contributed by atoms with Crippen LogP contribution in [0, 0.1) is 5.92 Å². The molecule has 208 valence electrons. The zero-order valence-electron chi connectivity index (χ0n) is 21.8. The van der Waals surface area contributed by atoms with Crippen molar-refractivity contribution in [3.63, 3.8) is 0 Å². The van der Waals surface area contributed by atoms with Crippen molar-refractivity contribution in [3.05, 3.63) is 51.6 Å². The SMILES string of the molecule is COc1cccc2c1C(=O)c1c(O)c3c(c(O)c1C2=O)CC(O)(C(C)=O)CC3OC1CC(CN)C(O)C(C)O1. The van der Waals surface area contributed by atoms with Crippen LogP contribution in [0.15, 0.2) is 18.2 Å². The molecule has 6 N–H and O–H groups in total. The topological polar surface area (TPSA) is 186 Å². The Morgan fingerprint density at radius 2 is 1.85 bits per heavy atom. The normalized spacial score (nSPS) is 29.8. The molecule has 11 nitrogen and oxygen atoms in total. The third-order valence-corrected chi connectivity index (χ3v) is 8.18. The first-order chi connectivity index (χ1) is 18.4. The van der Waals surface area contributed by atoms with Crippen LogP contribution in [0.3, 0.4) is 0 Å². The molecule has 6 atom stereocenters. The second-order valence-corrected chi connectivity index (χ2v) is 10.5. The van der Waals surface area contributed by atoms with Crippen molar-refractivity contribution in [3.8, 4) is 17.2 Å². The highest BCUT2D eigenvalue weighted by Crippen LogP contribution is 2.52. The Morgan fingerprint density at radius 3 is 2.49 bits per heavy atom. The number of hydrogen-bond donors (Lipinski definition) is 5. The highest BCUT2D eigenvalue weighted by molar-refractivity contribution is 6.31. The van der Waals surface area contributed by atoms with Gasteiger partial charge in [0.05, 0.1) is 42.1 Å². The van der Waals surface area contributed by atoms with Gasteiger partial charge in [-0.1, -0.05) is 12.1 Å². The van der Waals surface area contributed by atoms with Crippen molar-refractivity contribution in [2.24, 2.45) is 11.7 Å². The summed E-state index contributed by atoms with van der Waals surface area (Å²) in [5.74, 6) is -3.50. The van der Waals surface area contributed by atoms with Crippen molar-refractivity contribution < 1.29 is 49.0 Å². The molecule has 2 aromatic carbocycles. The standard InChI is InChI=1S/C28H31NO10/c1-11-23(31)13(10-29)7-18(38-11)39-17-9-28(36,12(2)30)8-15-20(17)27(35)22-21(25(15)33)24(32)14-5-4-6-16(37-3)19(14)26(22)34/h4-6,11,13,17-18,23,31,33,35-36H,7-10,29H2,1-3H3. The van der Waals surface area contributed by atoms with Crippen LogP contribution < -0.4 is 10.5 Å². The first kappa shape index (κ1) is 27.2. The van der Waals surface area contributed by atoms with Gasteiger partial charge in [-0.05, 0) is 26.5 Å². The monoisotopic (exact) mass is 541 g/mol. The van der Waals surface area contributed by atoms with E-state index >= 15 is 0 Å². The number of rotatable bonds is 5. The van der Waals surface area contributed by atoms with Crippen LogP contribution in [0.2, 0.25) is 0 Å². The number of carbonyl (C=O) groups is 3. The molecule has 0 saturated carbocycles. The second kappa shape index (κ2) is 9.68. The lowest BCUT2D eigenvalue weighted by Crippen LogP contribution is -2.49. The molecule has 0 spiro atoms. The van der Waals surface area contributed by atoms with E-state index in [1.54, 1.807) is 6.92 Å². The fraction of sp³-hybridized carbons (Fsp3) is 0.464. The molecule has 0 bridgehead atoms. The molecule has 2 aliphatic carbocycles. The Hall–Kier alpha value is -3.35. The molecular weight excluding hydrogens is 510 g/mol. The highest BCUT2D eigenvalue weighted by Gasteiger charge is 2.49. The lowest BCUT2D eigenvalue weighted by Gasteiger charge is -2.42. The molecular formula is C28H31NO10. The Morgan fingerprint density at radius 1 is 1.15 bits per heavy atom. The molecule has 0 radical (unpaired) electrons. The van der Waals surface area contributed by atoms with Gasteiger partial charge in [-0.15, -0.1) is 0 Å². The number of carbonyl (C=O) groups excluding carboxylic acids is 3. The van der Waals surface area contributed by atoms with E-state index in [1.807, 2.05) is 0 Å². The van der Waals surface area contributed by atoms with E-state index in [9.17, 15) is 34.8 Å². The molecule has 0 amide bonds. The zero-order chi connectivity index (χ0) is 28.4. The number of ketones is 3. The van der Waals surface area contributed by atoms with Crippen LogP contribution in [-0.4, -0.2) is 75.5 Å². The molecule has 3 aliphatic rings. The van der Waals surface area contributed by atoms with E-state index in [0.717, 1.165) is 0 Å². The summed E-state index contributed by atoms with van der Waals surface area (Å²) in [7, 11) is 1.34. The average molecular weight is 542 g/mol. The number of Topliss-reactive ketones (excluding diaryl/α,β-unsaturated/α-hetero) is 1. The lowest BCUT2D eigenvalue weighted by atomic mass is 9.72. The summed E-state index contributed by atoms with van der Waals surface area (Å²) in [6.45, 7) is 3.00. The number of phenolic OH excluding ortho intramolecular Hbond substituents is 2. The smallest absolute Gasteiger partial charge is 0.202 e. The minimum atomic E-state index is -1.99. The summed E-state index contributed by atoms with van der Waals surface area (Å²) in [5, 5.41) is 44.5. The number of hydrogen-bond acceptors (Lipinski definition) is 11. The Labute approximate surface area is 224 Å². The van der Waals surface area contributed by atoms with Gasteiger partial charge in [-0.25, -0.2) is 0 Å². The molecule has 39 heavy (non-hydrogen) atoms. The Bertz CT molecular complexity index is 1390. The van der Waals surface area contributed by atoms with Gasteiger partial charge < -0.3 is 40.4 Å². The van der Waals surface area contributed by atoms with Crippen molar-refractivity contribution in [1.29, 1.82) is 0 Å². The van der Waals surface area contributed by atoms with Crippen LogP contribution in [0.4, 0.5) is 0 Å². The number of phenols is 2. The van der Waals surface area contributed by atoms with E-state index in [0.29, 0.717) is 0 Å². The fourth-order valence-electron chi connectivity index (χ4n) is 5.95. The molecule has 1 aliphatic heterocycles. The minimum Gasteiger partial charge on any atom is -0.507 e. The first-order valence-corrected chi connectivity index (χ1v) is 12.7. The largest absolute Gasteiger partial charge is 0.507 e. The van der Waals surface area contributed by atoms with Gasteiger partial charge in [0.2, 0.25) is 5.78 Å². The number of ether oxygens (including phenoxy) is 3. The molecule has 5 rings (SSSR count). The predicted molar refractivity (Wildman–Crippen MR) is 135 cm³/mol. The molecule has 11 heteroatoms. The first-order valence-electron chi connectivity index (χ1n) is 12.7. The van der Waals surface area contributed by atoms with Gasteiger partial charge in [0.15, 0.2) is 17.9 Å². The lowest BCUT2D eigenvalue weighted by molar-refractivity contribution is -0.255. The van der Waals surface area contributed by atoms with E-state index in [2.05, 4.69) is 0 Å². The number of aliphatic hydroxyl groups is 2. The van der Waals surface area contributed by atoms with Crippen molar-refractivity contribution in [1.82, 2.24) is 0 Å². The third-order valence-electron chi connectivity index (χ3n) is 8.18. The van der Waals surface area contributed by atoms with E-state index in [1.165, 1.54) is 32.2 Å². The molecule has 1 fully saturated rings. The maximum absolute atomic E-state index is 13.7. The highest BCUT2D eigenvalue weighted by atomic mass is 16.7. The average Bonchev–Trinajstić information content (AvgIpc) is 2.90. The van der Waals surface area contributed by atoms with Gasteiger partial charge in [-0.3, -0.25) is 14.4 Å². The molecule has 0 aromatic heterocycles. The number of benzene rings is 2. The molecule has 6 unspecified atom stereocenters. The number of fused-ring (bicyclic) bond motifs is 3. The second-order valence-electron chi connectivity index (χ2n) is 10.5. The van der Waals surface area contributed by atoms with Crippen LogP contribution in [0.1, 0.15) is 75.8 Å². The van der Waals surface area contributed by atoms with Crippen molar-refractivity contribution in [2.75, 3.05) is 13.7 Å². The maximum Gasteiger partial charge on any atom is 0.202 e. The van der Waals surface area contributed by atoms with Gasteiger partial charge in [0.25, 0.3) is 0 Å². The molecule has 2 aromatic rings. The van der Waals surface area contributed by atoms with Crippen LogP contribution >= 0.6 is 0 Å². The zero-order valence-corrected chi connectivity index (χ0v) is 21.8. The van der Waals surface area contributed by atoms with Crippen LogP contribution in [0.5, 0.6) is 17.2 Å². The van der Waals surface area contributed by atoms with Crippen LogP contribution in [-0.2, 0) is 20.7 Å². The summed E-state index contributed by atoms with van der Waals surface area (Å²) in [6, 6.07) is 4.45. The summed E-state index contributed by atoms with van der Waals surface area (Å²) < 4.78 is 17.2. The summed E-state index contributed by atoms with van der Waals surface area (Å²) in [4.78, 5) is 39.7. The molecule has 1 saturated heterocycles. The Balaban J connectivity index is 1.67. The van der Waals surface area contributed by atoms with Crippen molar-refractivity contribution in [2.45, 2.75) is 63.3 Å². The van der Waals surface area contributed by atoms with E-state index in [-0.39, 0.29) is 53.3 Å². The third kappa shape index (κ3) is 4.12. The van der Waals surface area contributed by atoms with E-state index < -0.39 is 76.6 Å². The summed E-state index contributed by atoms with van der Waals surface area (Å²) >= 11 is 0. The number of nitrogens with two attached hydrogens (primary N) is 1. The summed E-state index contributed by atoms with van der Waals surface area (Å²) in [6.07, 6.45) is -4.17. The van der Waals surface area contributed by atoms with Gasteiger partial charge in [-0.2, -0.15) is 0 Å². The van der Waals surface area contributed by atoms with E-state index in [4.69, 9.17) is 19.9 Å². The van der Waals surface area contributed by atoms with Gasteiger partial charge >= 0.3 is 0 Å². The fourth-order valence-corrected chi connectivity index (χ4v) is 5.95. The van der Waals surface area contributed by atoms with Crippen molar-refractivity contribution >= 4 is 17.3 Å². The minimum absolute atomic E-state index is 0.0112. The number of methoxy groups -OCH3 is 1. The Kier molecular flexibility index (Phi) is 6.76. The van der Waals surface area contributed by atoms with Gasteiger partial charge in [0.1, 0.15) is 22.8 Å². The number of aromatic hydroxyl groups is 2. The quantitative estimate of drug-likeness (QED) is 0.293. The summed E-state index contributed by atoms with van der Waals surface area (Å²) in [5.41, 5.74) is 2.82. The molecule has 1 heterocycles. The van der Waals surface area contributed by atoms with Crippen LogP contribution in [0.25, 0.3) is 0 Å². The maximum atomic E-state index is 13.7.